The predicted molar refractivity (Wildman–Crippen MR) is 233 cm³/mol. The van der Waals surface area contributed by atoms with Gasteiger partial charge in [-0.05, 0) is 99.6 Å². The van der Waals surface area contributed by atoms with Crippen LogP contribution in [0.25, 0.3) is 0 Å². The lowest BCUT2D eigenvalue weighted by atomic mass is 9.94. The van der Waals surface area contributed by atoms with Gasteiger partial charge in [-0.3, -0.25) is 29.4 Å². The molecule has 0 saturated carbocycles. The fraction of sp³-hybridized carbons (Fsp3) is 0.395. The summed E-state index contributed by atoms with van der Waals surface area (Å²) in [5.74, 6) is 0.219. The van der Waals surface area contributed by atoms with Crippen molar-refractivity contribution in [2.24, 2.45) is 5.92 Å². The molecule has 16 heteroatoms. The Labute approximate surface area is 350 Å². The minimum absolute atomic E-state index is 0.0907. The van der Waals surface area contributed by atoms with E-state index in [1.165, 1.54) is 5.30 Å². The minimum Gasteiger partial charge on any atom is -0.494 e. The van der Waals surface area contributed by atoms with Crippen molar-refractivity contribution in [3.8, 4) is 5.75 Å². The monoisotopic (exact) mass is 837 g/mol. The molecule has 4 aliphatic rings. The molecule has 0 aliphatic carbocycles. The highest BCUT2D eigenvalue weighted by Crippen LogP contribution is 2.36. The molecule has 3 fully saturated rings. The number of methoxy groups -OCH3 is 1. The Kier molecular flexibility index (Phi) is 12.0. The number of likely N-dealkylation sites (tertiary alicyclic amines) is 1. The average Bonchev–Trinajstić information content (AvgIpc) is 3.47. The molecule has 1 aromatic heterocycles. The third-order valence-corrected chi connectivity index (χ3v) is 13.3. The lowest BCUT2D eigenvalue weighted by Gasteiger charge is -2.39. The molecule has 59 heavy (non-hydrogen) atoms. The van der Waals surface area contributed by atoms with E-state index in [4.69, 9.17) is 21.3 Å². The number of fused-ring (bicyclic) bond motifs is 1. The van der Waals surface area contributed by atoms with Gasteiger partial charge in [0.05, 0.1) is 30.1 Å². The molecule has 3 saturated heterocycles. The minimum atomic E-state index is -0.978. The van der Waals surface area contributed by atoms with E-state index in [1.807, 2.05) is 30.3 Å². The van der Waals surface area contributed by atoms with Gasteiger partial charge in [0.25, 0.3) is 11.8 Å². The number of carbonyl (C=O) groups excluding carboxylic acids is 4. The maximum absolute atomic E-state index is 13.4. The first kappa shape index (κ1) is 40.5. The van der Waals surface area contributed by atoms with Crippen LogP contribution in [0.5, 0.6) is 5.75 Å². The maximum atomic E-state index is 13.4. The van der Waals surface area contributed by atoms with Crippen LogP contribution in [0.2, 0.25) is 5.02 Å². The van der Waals surface area contributed by atoms with Crippen molar-refractivity contribution in [1.82, 2.24) is 25.1 Å². The van der Waals surface area contributed by atoms with E-state index in [-0.39, 0.29) is 37.9 Å². The van der Waals surface area contributed by atoms with Crippen molar-refractivity contribution in [1.29, 1.82) is 0 Å². The zero-order valence-electron chi connectivity index (χ0n) is 33.5. The van der Waals surface area contributed by atoms with Crippen LogP contribution in [0.1, 0.15) is 59.2 Å². The number of ether oxygens (including phenoxy) is 1. The van der Waals surface area contributed by atoms with Crippen LogP contribution in [0, 0.1) is 5.92 Å². The van der Waals surface area contributed by atoms with Gasteiger partial charge in [-0.15, -0.1) is 0 Å². The fourth-order valence-corrected chi connectivity index (χ4v) is 9.72. The van der Waals surface area contributed by atoms with E-state index in [2.05, 4.69) is 67.6 Å². The molecule has 4 N–H and O–H groups in total. The average molecular weight is 838 g/mol. The summed E-state index contributed by atoms with van der Waals surface area (Å²) < 4.78 is 5.83. The summed E-state index contributed by atoms with van der Waals surface area (Å²) in [5.41, 5.74) is 4.19. The summed E-state index contributed by atoms with van der Waals surface area (Å²) in [5, 5.41) is 14.3. The Morgan fingerprint density at radius 2 is 1.69 bits per heavy atom. The van der Waals surface area contributed by atoms with E-state index in [9.17, 15) is 19.2 Å². The van der Waals surface area contributed by atoms with Gasteiger partial charge >= 0.3 is 0 Å². The quantitative estimate of drug-likeness (QED) is 0.0949. The summed E-state index contributed by atoms with van der Waals surface area (Å²) in [6.07, 6.45) is 6.05. The molecule has 4 aromatic rings. The SMILES string of the molecule is COc1cc(N2CCC(CN3CCC[C@H](Nc4ccc5c(c4)C(=O)N(C4CCC(=O)NC4=O)C5=O)C3)CC2)ccc1Nc1ncc(Cl)c(Nc2ccccc2P(C)C)n1. The number of amides is 4. The highest BCUT2D eigenvalue weighted by Gasteiger charge is 2.44. The second kappa shape index (κ2) is 17.5. The molecule has 308 valence electrons. The maximum Gasteiger partial charge on any atom is 0.262 e. The second-order valence-electron chi connectivity index (χ2n) is 15.8. The van der Waals surface area contributed by atoms with E-state index in [0.717, 1.165) is 86.1 Å². The summed E-state index contributed by atoms with van der Waals surface area (Å²) in [7, 11) is 1.34. The van der Waals surface area contributed by atoms with Crippen LogP contribution in [-0.4, -0.2) is 109 Å². The highest BCUT2D eigenvalue weighted by molar-refractivity contribution is 7.64. The second-order valence-corrected chi connectivity index (χ2v) is 18.5. The molecule has 3 aromatic carbocycles. The standard InChI is InChI=1S/C43H49ClN9O5P/c1-58-36-22-29(11-13-33(36)48-43-45-23-32(44)39(50-43)47-34-8-4-5-9-37(34)59(2)3)52-19-16-26(17-20-52)24-51-18-6-7-28(25-51)46-27-10-12-30-31(21-27)42(57)53(41(30)56)35-14-15-38(54)49-40(35)55/h4-5,8-13,21-23,26,28,35,46H,6-7,14-20,24-25H2,1-3H3,(H,49,54,55)(H2,45,47,48,50)/t28-,35?/m0/s1. The summed E-state index contributed by atoms with van der Waals surface area (Å²) >= 11 is 6.52. The Balaban J connectivity index is 0.838. The molecule has 14 nitrogen and oxygen atoms in total. The molecule has 8 rings (SSSR count). The van der Waals surface area contributed by atoms with Crippen LogP contribution in [-0.2, 0) is 9.59 Å². The lowest BCUT2D eigenvalue weighted by molar-refractivity contribution is -0.136. The van der Waals surface area contributed by atoms with Crippen molar-refractivity contribution >= 4 is 83.0 Å². The van der Waals surface area contributed by atoms with Crippen LogP contribution < -0.4 is 36.2 Å². The van der Waals surface area contributed by atoms with Crippen molar-refractivity contribution < 1.29 is 23.9 Å². The Morgan fingerprint density at radius 3 is 2.47 bits per heavy atom. The number of nitrogens with zero attached hydrogens (tertiary/aromatic N) is 5. The number of carbonyl (C=O) groups is 4. The first-order valence-corrected chi connectivity index (χ1v) is 22.8. The number of piperidine rings is 3. The predicted octanol–water partition coefficient (Wildman–Crippen LogP) is 6.19. The van der Waals surface area contributed by atoms with Crippen molar-refractivity contribution in [3.63, 3.8) is 0 Å². The normalized spacial score (nSPS) is 20.2. The topological polar surface area (TPSA) is 161 Å². The van der Waals surface area contributed by atoms with Gasteiger partial charge in [-0.1, -0.05) is 37.7 Å². The Bertz CT molecular complexity index is 2270. The van der Waals surface area contributed by atoms with Crippen molar-refractivity contribution in [2.45, 2.75) is 50.6 Å². The molecule has 5 heterocycles. The summed E-state index contributed by atoms with van der Waals surface area (Å²) in [6, 6.07) is 18.8. The molecule has 2 atom stereocenters. The van der Waals surface area contributed by atoms with Gasteiger partial charge in [-0.25, -0.2) is 4.98 Å². The molecule has 0 bridgehead atoms. The Morgan fingerprint density at radius 1 is 0.898 bits per heavy atom. The molecule has 0 spiro atoms. The number of rotatable bonds is 12. The van der Waals surface area contributed by atoms with Crippen LogP contribution >= 0.6 is 19.5 Å². The first-order valence-electron chi connectivity index (χ1n) is 20.1. The number of benzene rings is 3. The van der Waals surface area contributed by atoms with Crippen molar-refractivity contribution in [3.05, 3.63) is 83.0 Å². The summed E-state index contributed by atoms with van der Waals surface area (Å²) in [6.45, 7) is 9.28. The van der Waals surface area contributed by atoms with Gasteiger partial charge < -0.3 is 30.5 Å². The third kappa shape index (κ3) is 8.85. The van der Waals surface area contributed by atoms with Gasteiger partial charge in [0.2, 0.25) is 17.8 Å². The zero-order valence-corrected chi connectivity index (χ0v) is 35.1. The van der Waals surface area contributed by atoms with Crippen molar-refractivity contribution in [2.75, 3.05) is 74.0 Å². The molecule has 4 aliphatic heterocycles. The van der Waals surface area contributed by atoms with Crippen LogP contribution in [0.15, 0.2) is 66.9 Å². The van der Waals surface area contributed by atoms with Gasteiger partial charge in [0, 0.05) is 61.8 Å². The third-order valence-electron chi connectivity index (χ3n) is 11.6. The van der Waals surface area contributed by atoms with E-state index in [0.29, 0.717) is 28.5 Å². The number of anilines is 6. The molecule has 4 amide bonds. The van der Waals surface area contributed by atoms with Gasteiger partial charge in [0.1, 0.15) is 16.8 Å². The molecule has 1 unspecified atom stereocenters. The first-order chi connectivity index (χ1) is 28.5. The van der Waals surface area contributed by atoms with Crippen LogP contribution in [0.3, 0.4) is 0 Å². The Hall–Kier alpha value is -5.30. The molecular weight excluding hydrogens is 789 g/mol. The fourth-order valence-electron chi connectivity index (χ4n) is 8.59. The highest BCUT2D eigenvalue weighted by atomic mass is 35.5. The van der Waals surface area contributed by atoms with Crippen LogP contribution in [0.4, 0.5) is 34.5 Å². The number of nitrogens with one attached hydrogen (secondary N) is 4. The number of para-hydroxylation sites is 1. The van der Waals surface area contributed by atoms with E-state index >= 15 is 0 Å². The zero-order chi connectivity index (χ0) is 41.2. The molecular formula is C43H49ClN9O5P. The lowest BCUT2D eigenvalue weighted by Crippen LogP contribution is -2.54. The van der Waals surface area contributed by atoms with Gasteiger partial charge in [-0.2, -0.15) is 4.98 Å². The van der Waals surface area contributed by atoms with E-state index in [1.54, 1.807) is 25.4 Å². The smallest absolute Gasteiger partial charge is 0.262 e. The number of hydrogen-bond donors (Lipinski definition) is 4. The van der Waals surface area contributed by atoms with E-state index < -0.39 is 29.7 Å². The number of aromatic nitrogens is 2. The summed E-state index contributed by atoms with van der Waals surface area (Å²) in [4.78, 5) is 65.7. The molecule has 0 radical (unpaired) electrons. The van der Waals surface area contributed by atoms with Gasteiger partial charge in [0.15, 0.2) is 5.82 Å². The number of imide groups is 2. The largest absolute Gasteiger partial charge is 0.494 e. The number of hydrogen-bond acceptors (Lipinski definition) is 12. The number of halogens is 1.